The molecule has 0 aliphatic rings. The molecule has 0 atom stereocenters. The van der Waals surface area contributed by atoms with Crippen molar-refractivity contribution in [1.82, 2.24) is 0 Å². The van der Waals surface area contributed by atoms with Crippen LogP contribution in [0.1, 0.15) is 10.4 Å². The fourth-order valence-electron chi connectivity index (χ4n) is 2.36. The van der Waals surface area contributed by atoms with E-state index in [1.54, 1.807) is 24.3 Å². The van der Waals surface area contributed by atoms with Gasteiger partial charge in [0.15, 0.2) is 0 Å². The minimum Gasteiger partial charge on any atom is -0.478 e. The van der Waals surface area contributed by atoms with Gasteiger partial charge in [-0.15, -0.1) is 0 Å². The molecule has 0 spiro atoms. The van der Waals surface area contributed by atoms with Crippen molar-refractivity contribution in [2.45, 2.75) is 4.90 Å². The lowest BCUT2D eigenvalue weighted by Gasteiger charge is -2.09. The van der Waals surface area contributed by atoms with Crippen LogP contribution in [0.2, 0.25) is 0 Å². The third-order valence-corrected chi connectivity index (χ3v) is 5.12. The summed E-state index contributed by atoms with van der Waals surface area (Å²) in [7, 11) is -3.81. The van der Waals surface area contributed by atoms with Crippen molar-refractivity contribution in [3.05, 3.63) is 84.2 Å². The summed E-state index contributed by atoms with van der Waals surface area (Å²) in [6.07, 6.45) is 0. The van der Waals surface area contributed by atoms with E-state index in [4.69, 9.17) is 5.11 Å². The third-order valence-electron chi connectivity index (χ3n) is 3.73. The Morgan fingerprint density at radius 1 is 0.808 bits per heavy atom. The fraction of sp³-hybridized carbons (Fsp3) is 0. The average Bonchev–Trinajstić information content (AvgIpc) is 2.62. The van der Waals surface area contributed by atoms with Crippen LogP contribution in [0.4, 0.5) is 10.1 Å². The predicted molar refractivity (Wildman–Crippen MR) is 96.0 cm³/mol. The molecule has 3 aromatic carbocycles. The van der Waals surface area contributed by atoms with Crippen LogP contribution in [-0.4, -0.2) is 19.5 Å². The predicted octanol–water partition coefficient (Wildman–Crippen LogP) is 3.99. The summed E-state index contributed by atoms with van der Waals surface area (Å²) in [5.74, 6) is -1.43. The van der Waals surface area contributed by atoms with Crippen molar-refractivity contribution < 1.29 is 22.7 Å². The molecule has 0 radical (unpaired) electrons. The number of halogens is 1. The highest BCUT2D eigenvalue weighted by atomic mass is 32.2. The normalized spacial score (nSPS) is 11.1. The van der Waals surface area contributed by atoms with Crippen molar-refractivity contribution in [2.24, 2.45) is 0 Å². The van der Waals surface area contributed by atoms with E-state index in [1.165, 1.54) is 48.5 Å². The highest BCUT2D eigenvalue weighted by molar-refractivity contribution is 7.92. The van der Waals surface area contributed by atoms with Gasteiger partial charge in [-0.25, -0.2) is 17.6 Å². The summed E-state index contributed by atoms with van der Waals surface area (Å²) in [6.45, 7) is 0. The van der Waals surface area contributed by atoms with Crippen LogP contribution in [0.25, 0.3) is 11.1 Å². The number of carboxylic acids is 1. The Morgan fingerprint density at radius 2 is 1.31 bits per heavy atom. The number of sulfonamides is 1. The number of hydrogen-bond acceptors (Lipinski definition) is 3. The first-order valence-electron chi connectivity index (χ1n) is 7.57. The van der Waals surface area contributed by atoms with Gasteiger partial charge in [-0.3, -0.25) is 4.72 Å². The third kappa shape index (κ3) is 3.89. The molecule has 0 aromatic heterocycles. The number of aromatic carboxylic acids is 1. The molecule has 132 valence electrons. The molecular weight excluding hydrogens is 357 g/mol. The van der Waals surface area contributed by atoms with Gasteiger partial charge in [0.2, 0.25) is 0 Å². The van der Waals surface area contributed by atoms with Gasteiger partial charge in [-0.1, -0.05) is 24.3 Å². The molecule has 0 aliphatic carbocycles. The van der Waals surface area contributed by atoms with Crippen molar-refractivity contribution >= 4 is 21.7 Å². The van der Waals surface area contributed by atoms with E-state index in [2.05, 4.69) is 4.72 Å². The maximum absolute atomic E-state index is 13.0. The smallest absolute Gasteiger partial charge is 0.335 e. The lowest BCUT2D eigenvalue weighted by atomic mass is 10.1. The quantitative estimate of drug-likeness (QED) is 0.710. The average molecular weight is 371 g/mol. The zero-order valence-corrected chi connectivity index (χ0v) is 14.2. The van der Waals surface area contributed by atoms with Gasteiger partial charge in [-0.2, -0.15) is 0 Å². The van der Waals surface area contributed by atoms with Crippen molar-refractivity contribution in [3.63, 3.8) is 0 Å². The maximum atomic E-state index is 13.0. The molecule has 0 saturated heterocycles. The summed E-state index contributed by atoms with van der Waals surface area (Å²) in [6, 6.07) is 17.5. The van der Waals surface area contributed by atoms with Gasteiger partial charge in [0, 0.05) is 5.69 Å². The SMILES string of the molecule is O=C(O)c1ccc(NS(=O)(=O)c2ccc(-c3ccc(F)cc3)cc2)cc1. The second kappa shape index (κ2) is 6.97. The Bertz CT molecular complexity index is 1030. The Balaban J connectivity index is 1.80. The van der Waals surface area contributed by atoms with Gasteiger partial charge in [0.1, 0.15) is 5.82 Å². The van der Waals surface area contributed by atoms with E-state index in [9.17, 15) is 17.6 Å². The fourth-order valence-corrected chi connectivity index (χ4v) is 3.42. The first kappa shape index (κ1) is 17.6. The second-order valence-corrected chi connectivity index (χ2v) is 7.20. The number of hydrogen-bond donors (Lipinski definition) is 2. The van der Waals surface area contributed by atoms with Gasteiger partial charge in [-0.05, 0) is 59.7 Å². The highest BCUT2D eigenvalue weighted by Crippen LogP contribution is 2.23. The zero-order valence-electron chi connectivity index (χ0n) is 13.4. The van der Waals surface area contributed by atoms with E-state index in [0.717, 1.165) is 11.1 Å². The summed E-state index contributed by atoms with van der Waals surface area (Å²) in [5, 5.41) is 8.86. The van der Waals surface area contributed by atoms with Crippen molar-refractivity contribution in [3.8, 4) is 11.1 Å². The van der Waals surface area contributed by atoms with E-state index in [-0.39, 0.29) is 22.0 Å². The van der Waals surface area contributed by atoms with Crippen LogP contribution in [0, 0.1) is 5.82 Å². The number of carbonyl (C=O) groups is 1. The molecule has 0 amide bonds. The lowest BCUT2D eigenvalue weighted by Crippen LogP contribution is -2.13. The van der Waals surface area contributed by atoms with Crippen LogP contribution < -0.4 is 4.72 Å². The number of nitrogens with one attached hydrogen (secondary N) is 1. The standard InChI is InChI=1S/C19H14FNO4S/c20-16-7-1-13(2-8-16)14-5-11-18(12-6-14)26(24,25)21-17-9-3-15(4-10-17)19(22)23/h1-12,21H,(H,22,23). The van der Waals surface area contributed by atoms with E-state index < -0.39 is 16.0 Å². The number of benzene rings is 3. The molecule has 0 bridgehead atoms. The highest BCUT2D eigenvalue weighted by Gasteiger charge is 2.14. The number of carboxylic acid groups (broad SMARTS) is 1. The number of rotatable bonds is 5. The molecule has 3 aromatic rings. The molecule has 0 aliphatic heterocycles. The molecule has 26 heavy (non-hydrogen) atoms. The Kier molecular flexibility index (Phi) is 4.73. The van der Waals surface area contributed by atoms with Crippen LogP contribution in [0.3, 0.4) is 0 Å². The topological polar surface area (TPSA) is 83.5 Å². The molecule has 3 rings (SSSR count). The Hall–Kier alpha value is -3.19. The minimum absolute atomic E-state index is 0.0608. The summed E-state index contributed by atoms with van der Waals surface area (Å²) < 4.78 is 40.2. The molecular formula is C19H14FNO4S. The molecule has 0 unspecified atom stereocenters. The number of anilines is 1. The minimum atomic E-state index is -3.81. The van der Waals surface area contributed by atoms with Crippen LogP contribution >= 0.6 is 0 Å². The monoisotopic (exact) mass is 371 g/mol. The first-order chi connectivity index (χ1) is 12.3. The van der Waals surface area contributed by atoms with Crippen molar-refractivity contribution in [1.29, 1.82) is 0 Å². The largest absolute Gasteiger partial charge is 0.478 e. The molecule has 7 heteroatoms. The van der Waals surface area contributed by atoms with Gasteiger partial charge in [0.05, 0.1) is 10.5 Å². The second-order valence-electron chi connectivity index (χ2n) is 5.52. The maximum Gasteiger partial charge on any atom is 0.335 e. The first-order valence-corrected chi connectivity index (χ1v) is 9.06. The Labute approximate surface area is 149 Å². The van der Waals surface area contributed by atoms with Crippen LogP contribution in [0.5, 0.6) is 0 Å². The van der Waals surface area contributed by atoms with Gasteiger partial charge < -0.3 is 5.11 Å². The Morgan fingerprint density at radius 3 is 1.81 bits per heavy atom. The zero-order chi connectivity index (χ0) is 18.7. The van der Waals surface area contributed by atoms with E-state index in [1.807, 2.05) is 0 Å². The van der Waals surface area contributed by atoms with Crippen LogP contribution in [-0.2, 0) is 10.0 Å². The molecule has 2 N–H and O–H groups in total. The molecule has 0 fully saturated rings. The molecule has 0 heterocycles. The molecule has 0 saturated carbocycles. The molecule has 5 nitrogen and oxygen atoms in total. The van der Waals surface area contributed by atoms with Gasteiger partial charge >= 0.3 is 5.97 Å². The van der Waals surface area contributed by atoms with Crippen molar-refractivity contribution in [2.75, 3.05) is 4.72 Å². The van der Waals surface area contributed by atoms with Gasteiger partial charge in [0.25, 0.3) is 10.0 Å². The summed E-state index contributed by atoms with van der Waals surface area (Å²) in [4.78, 5) is 10.9. The lowest BCUT2D eigenvalue weighted by molar-refractivity contribution is 0.0697. The van der Waals surface area contributed by atoms with E-state index in [0.29, 0.717) is 0 Å². The summed E-state index contributed by atoms with van der Waals surface area (Å²) in [5.41, 5.74) is 1.86. The van der Waals surface area contributed by atoms with E-state index >= 15 is 0 Å². The summed E-state index contributed by atoms with van der Waals surface area (Å²) >= 11 is 0. The van der Waals surface area contributed by atoms with Crippen LogP contribution in [0.15, 0.2) is 77.7 Å².